The van der Waals surface area contributed by atoms with Gasteiger partial charge >= 0.3 is 0 Å². The van der Waals surface area contributed by atoms with Crippen LogP contribution in [0.2, 0.25) is 0 Å². The van der Waals surface area contributed by atoms with Crippen LogP contribution in [-0.2, 0) is 0 Å². The lowest BCUT2D eigenvalue weighted by Gasteiger charge is -2.25. The topological polar surface area (TPSA) is 3.24 Å². The number of rotatable bonds is 5. The molecule has 0 spiro atoms. The van der Waals surface area contributed by atoms with E-state index in [1.165, 1.54) is 38.6 Å². The number of aryl methyl sites for hydroxylation is 1. The molecule has 6 aromatic carbocycles. The molecule has 6 rings (SSSR count). The van der Waals surface area contributed by atoms with Crippen LogP contribution in [0.25, 0.3) is 33.0 Å². The molecule has 0 aliphatic rings. The Morgan fingerprint density at radius 2 is 0.750 bits per heavy atom. The summed E-state index contributed by atoms with van der Waals surface area (Å²) in [4.78, 5) is 2.29. The number of fused-ring (bicyclic) bond motifs is 1. The van der Waals surface area contributed by atoms with Gasteiger partial charge in [-0.05, 0) is 88.5 Å². The van der Waals surface area contributed by atoms with Gasteiger partial charge < -0.3 is 4.90 Å². The van der Waals surface area contributed by atoms with Crippen LogP contribution in [0, 0.1) is 6.92 Å². The van der Waals surface area contributed by atoms with Gasteiger partial charge in [-0.2, -0.15) is 0 Å². The van der Waals surface area contributed by atoms with Gasteiger partial charge in [-0.25, -0.2) is 0 Å². The van der Waals surface area contributed by atoms with Crippen molar-refractivity contribution in [3.8, 4) is 22.3 Å². The van der Waals surface area contributed by atoms with Gasteiger partial charge in [0.25, 0.3) is 0 Å². The van der Waals surface area contributed by atoms with Crippen molar-refractivity contribution in [3.63, 3.8) is 0 Å². The van der Waals surface area contributed by atoms with Gasteiger partial charge in [-0.1, -0.05) is 103 Å². The minimum atomic E-state index is 1.14. The fourth-order valence-electron chi connectivity index (χ4n) is 4.76. The molecule has 172 valence electrons. The molecule has 0 radical (unpaired) electrons. The highest BCUT2D eigenvalue weighted by Gasteiger charge is 2.12. The molecule has 0 aliphatic heterocycles. The third kappa shape index (κ3) is 4.39. The highest BCUT2D eigenvalue weighted by Crippen LogP contribution is 2.36. The van der Waals surface area contributed by atoms with E-state index in [0.29, 0.717) is 0 Å². The van der Waals surface area contributed by atoms with Crippen LogP contribution in [0.15, 0.2) is 146 Å². The molecule has 0 saturated heterocycles. The van der Waals surface area contributed by atoms with Crippen molar-refractivity contribution in [2.75, 3.05) is 4.90 Å². The van der Waals surface area contributed by atoms with Crippen LogP contribution >= 0.6 is 0 Å². The third-order valence-corrected chi connectivity index (χ3v) is 6.71. The molecule has 0 atom stereocenters. The number of para-hydroxylation sites is 2. The van der Waals surface area contributed by atoms with Crippen molar-refractivity contribution in [3.05, 3.63) is 151 Å². The SMILES string of the molecule is Cc1ccc(-c2ccc3cc(-c4ccc(N(c5ccccc5)c5ccccc5)cc4)ccc3c2)cc1. The van der Waals surface area contributed by atoms with Crippen LogP contribution in [0.4, 0.5) is 17.1 Å². The van der Waals surface area contributed by atoms with Crippen molar-refractivity contribution >= 4 is 27.8 Å². The standard InChI is InChI=1S/C35H27N/c1-26-12-14-27(15-13-26)29-16-18-32-25-30(17-19-31(32)24-29)28-20-22-35(23-21-28)36(33-8-4-2-5-9-33)34-10-6-3-7-11-34/h2-25H,1H3. The van der Waals surface area contributed by atoms with E-state index in [9.17, 15) is 0 Å². The number of hydrogen-bond donors (Lipinski definition) is 0. The molecular weight excluding hydrogens is 434 g/mol. The predicted molar refractivity (Wildman–Crippen MR) is 154 cm³/mol. The molecule has 1 heteroatoms. The lowest BCUT2D eigenvalue weighted by molar-refractivity contribution is 1.28. The van der Waals surface area contributed by atoms with Gasteiger partial charge in [0.1, 0.15) is 0 Å². The maximum Gasteiger partial charge on any atom is 0.0462 e. The van der Waals surface area contributed by atoms with E-state index in [1.54, 1.807) is 0 Å². The van der Waals surface area contributed by atoms with Gasteiger partial charge in [-0.15, -0.1) is 0 Å². The van der Waals surface area contributed by atoms with E-state index in [-0.39, 0.29) is 0 Å². The smallest absolute Gasteiger partial charge is 0.0462 e. The van der Waals surface area contributed by atoms with Crippen molar-refractivity contribution in [1.82, 2.24) is 0 Å². The fraction of sp³-hybridized carbons (Fsp3) is 0.0286. The molecule has 1 nitrogen and oxygen atoms in total. The quantitative estimate of drug-likeness (QED) is 0.247. The van der Waals surface area contributed by atoms with Crippen LogP contribution in [0.3, 0.4) is 0 Å². The van der Waals surface area contributed by atoms with Crippen molar-refractivity contribution in [1.29, 1.82) is 0 Å². The average molecular weight is 462 g/mol. The molecule has 0 aromatic heterocycles. The maximum absolute atomic E-state index is 2.29. The highest BCUT2D eigenvalue weighted by atomic mass is 15.1. The van der Waals surface area contributed by atoms with E-state index >= 15 is 0 Å². The van der Waals surface area contributed by atoms with Crippen molar-refractivity contribution in [2.24, 2.45) is 0 Å². The van der Waals surface area contributed by atoms with Crippen LogP contribution in [0.1, 0.15) is 5.56 Å². The first-order valence-corrected chi connectivity index (χ1v) is 12.4. The predicted octanol–water partition coefficient (Wildman–Crippen LogP) is 9.95. The number of anilines is 3. The fourth-order valence-corrected chi connectivity index (χ4v) is 4.76. The first-order chi connectivity index (χ1) is 17.7. The second-order valence-corrected chi connectivity index (χ2v) is 9.20. The molecule has 0 bridgehead atoms. The van der Waals surface area contributed by atoms with Gasteiger partial charge in [0, 0.05) is 17.1 Å². The monoisotopic (exact) mass is 461 g/mol. The molecule has 0 unspecified atom stereocenters. The maximum atomic E-state index is 2.29. The van der Waals surface area contributed by atoms with E-state index in [1.807, 2.05) is 0 Å². The largest absolute Gasteiger partial charge is 0.311 e. The molecule has 0 fully saturated rings. The summed E-state index contributed by atoms with van der Waals surface area (Å²) in [7, 11) is 0. The lowest BCUT2D eigenvalue weighted by Crippen LogP contribution is -2.09. The van der Waals surface area contributed by atoms with Crippen molar-refractivity contribution < 1.29 is 0 Å². The second kappa shape index (κ2) is 9.56. The summed E-state index contributed by atoms with van der Waals surface area (Å²) in [6.07, 6.45) is 0. The Morgan fingerprint density at radius 3 is 1.22 bits per heavy atom. The molecule has 0 N–H and O–H groups in total. The summed E-state index contributed by atoms with van der Waals surface area (Å²) >= 11 is 0. The zero-order valence-corrected chi connectivity index (χ0v) is 20.3. The van der Waals surface area contributed by atoms with Gasteiger partial charge in [0.2, 0.25) is 0 Å². The molecular formula is C35H27N. The Morgan fingerprint density at radius 1 is 0.361 bits per heavy atom. The Hall–Kier alpha value is -4.62. The Balaban J connectivity index is 1.32. The van der Waals surface area contributed by atoms with Gasteiger partial charge in [0.15, 0.2) is 0 Å². The normalized spacial score (nSPS) is 10.9. The zero-order valence-electron chi connectivity index (χ0n) is 20.3. The van der Waals surface area contributed by atoms with Crippen LogP contribution in [0.5, 0.6) is 0 Å². The number of hydrogen-bond acceptors (Lipinski definition) is 1. The summed E-state index contributed by atoms with van der Waals surface area (Å²) in [5, 5.41) is 2.51. The van der Waals surface area contributed by atoms with E-state index < -0.39 is 0 Å². The van der Waals surface area contributed by atoms with E-state index in [0.717, 1.165) is 17.1 Å². The summed E-state index contributed by atoms with van der Waals surface area (Å²) in [6.45, 7) is 2.12. The molecule has 0 heterocycles. The average Bonchev–Trinajstić information content (AvgIpc) is 2.95. The molecule has 36 heavy (non-hydrogen) atoms. The lowest BCUT2D eigenvalue weighted by atomic mass is 9.97. The van der Waals surface area contributed by atoms with Crippen LogP contribution in [-0.4, -0.2) is 0 Å². The molecule has 0 aliphatic carbocycles. The summed E-state index contributed by atoms with van der Waals surface area (Å²) in [5.74, 6) is 0. The Kier molecular flexibility index (Phi) is 5.81. The van der Waals surface area contributed by atoms with Crippen LogP contribution < -0.4 is 4.90 Å². The van der Waals surface area contributed by atoms with Crippen molar-refractivity contribution in [2.45, 2.75) is 6.92 Å². The molecule has 0 amide bonds. The first-order valence-electron chi connectivity index (χ1n) is 12.4. The molecule has 6 aromatic rings. The zero-order chi connectivity index (χ0) is 24.3. The third-order valence-electron chi connectivity index (χ3n) is 6.71. The van der Waals surface area contributed by atoms with E-state index in [2.05, 4.69) is 157 Å². The molecule has 0 saturated carbocycles. The summed E-state index contributed by atoms with van der Waals surface area (Å²) < 4.78 is 0. The van der Waals surface area contributed by atoms with Gasteiger partial charge in [-0.3, -0.25) is 0 Å². The number of nitrogens with zero attached hydrogens (tertiary/aromatic N) is 1. The second-order valence-electron chi connectivity index (χ2n) is 9.20. The minimum absolute atomic E-state index is 1.14. The first kappa shape index (κ1) is 21.9. The Bertz CT molecular complexity index is 1560. The summed E-state index contributed by atoms with van der Waals surface area (Å²) in [6, 6.07) is 52.1. The number of benzene rings is 6. The highest BCUT2D eigenvalue weighted by molar-refractivity contribution is 5.91. The Labute approximate surface area is 212 Å². The summed E-state index contributed by atoms with van der Waals surface area (Å²) in [5.41, 5.74) is 9.65. The minimum Gasteiger partial charge on any atom is -0.311 e. The van der Waals surface area contributed by atoms with Gasteiger partial charge in [0.05, 0.1) is 0 Å². The van der Waals surface area contributed by atoms with E-state index in [4.69, 9.17) is 0 Å².